The summed E-state index contributed by atoms with van der Waals surface area (Å²) in [4.78, 5) is 11.3. The molecule has 1 N–H and O–H groups in total. The Bertz CT molecular complexity index is 252. The number of carboxylic acids is 1. The molecule has 1 aliphatic carbocycles. The van der Waals surface area contributed by atoms with Crippen LogP contribution in [0.25, 0.3) is 0 Å². The molecule has 94 valence electrons. The van der Waals surface area contributed by atoms with E-state index in [1.54, 1.807) is 0 Å². The molecule has 0 heterocycles. The number of ether oxygens (including phenoxy) is 1. The average Bonchev–Trinajstić information content (AvgIpc) is 2.22. The number of aliphatic carboxylic acids is 1. The third-order valence-electron chi connectivity index (χ3n) is 3.57. The molecule has 5 heteroatoms. The number of carboxylic acid groups (broad SMARTS) is 1. The van der Waals surface area contributed by atoms with E-state index in [0.717, 1.165) is 0 Å². The highest BCUT2D eigenvalue weighted by molar-refractivity contribution is 5.75. The lowest BCUT2D eigenvalue weighted by molar-refractivity contribution is -0.171. The fourth-order valence-electron chi connectivity index (χ4n) is 2.52. The van der Waals surface area contributed by atoms with Crippen LogP contribution in [-0.4, -0.2) is 30.2 Å². The van der Waals surface area contributed by atoms with Crippen molar-refractivity contribution in [3.8, 4) is 0 Å². The Hall–Kier alpha value is -0.710. The van der Waals surface area contributed by atoms with Crippen LogP contribution in [0.1, 0.15) is 39.0 Å². The Morgan fingerprint density at radius 1 is 1.38 bits per heavy atom. The summed E-state index contributed by atoms with van der Waals surface area (Å²) in [5, 5.41) is 9.27. The van der Waals surface area contributed by atoms with Gasteiger partial charge in [0.15, 0.2) is 0 Å². The first-order valence-electron chi connectivity index (χ1n) is 5.52. The highest BCUT2D eigenvalue weighted by Gasteiger charge is 2.52. The SMILES string of the molecule is CCC(OC)C1(C(=O)O)CCC(F)(F)CC1. The average molecular weight is 236 g/mol. The summed E-state index contributed by atoms with van der Waals surface area (Å²) in [6.07, 6.45) is -0.711. The lowest BCUT2D eigenvalue weighted by Crippen LogP contribution is -2.48. The van der Waals surface area contributed by atoms with Gasteiger partial charge in [-0.2, -0.15) is 0 Å². The maximum absolute atomic E-state index is 13.0. The van der Waals surface area contributed by atoms with Crippen molar-refractivity contribution in [2.75, 3.05) is 7.11 Å². The molecule has 16 heavy (non-hydrogen) atoms. The third kappa shape index (κ3) is 2.34. The first kappa shape index (κ1) is 13.4. The zero-order valence-electron chi connectivity index (χ0n) is 9.63. The van der Waals surface area contributed by atoms with E-state index in [2.05, 4.69) is 0 Å². The highest BCUT2D eigenvalue weighted by atomic mass is 19.3. The topological polar surface area (TPSA) is 46.5 Å². The predicted octanol–water partition coefficient (Wildman–Crippen LogP) is 2.69. The minimum Gasteiger partial charge on any atom is -0.481 e. The first-order valence-corrected chi connectivity index (χ1v) is 5.52. The molecule has 0 aromatic heterocycles. The van der Waals surface area contributed by atoms with E-state index in [1.165, 1.54) is 7.11 Å². The number of hydrogen-bond acceptors (Lipinski definition) is 2. The number of methoxy groups -OCH3 is 1. The van der Waals surface area contributed by atoms with Gasteiger partial charge in [0.25, 0.3) is 0 Å². The number of carbonyl (C=O) groups is 1. The summed E-state index contributed by atoms with van der Waals surface area (Å²) in [5.74, 6) is -3.73. The molecule has 3 nitrogen and oxygen atoms in total. The van der Waals surface area contributed by atoms with Crippen molar-refractivity contribution in [2.45, 2.75) is 51.1 Å². The molecule has 1 unspecified atom stereocenters. The van der Waals surface area contributed by atoms with Gasteiger partial charge in [-0.1, -0.05) is 6.92 Å². The van der Waals surface area contributed by atoms with Gasteiger partial charge in [0.1, 0.15) is 0 Å². The number of alkyl halides is 2. The zero-order valence-corrected chi connectivity index (χ0v) is 9.63. The van der Waals surface area contributed by atoms with Crippen LogP contribution in [0.4, 0.5) is 8.78 Å². The third-order valence-corrected chi connectivity index (χ3v) is 3.57. The summed E-state index contributed by atoms with van der Waals surface area (Å²) < 4.78 is 31.2. The van der Waals surface area contributed by atoms with Gasteiger partial charge in [0.2, 0.25) is 5.92 Å². The van der Waals surface area contributed by atoms with Gasteiger partial charge >= 0.3 is 5.97 Å². The molecule has 0 bridgehead atoms. The minimum absolute atomic E-state index is 0.0122. The van der Waals surface area contributed by atoms with E-state index in [9.17, 15) is 18.7 Å². The van der Waals surface area contributed by atoms with Gasteiger partial charge in [0, 0.05) is 20.0 Å². The molecule has 1 fully saturated rings. The second kappa shape index (κ2) is 4.65. The van der Waals surface area contributed by atoms with Crippen LogP contribution in [0, 0.1) is 5.41 Å². The van der Waals surface area contributed by atoms with Gasteiger partial charge in [-0.25, -0.2) is 8.78 Å². The van der Waals surface area contributed by atoms with Crippen molar-refractivity contribution in [2.24, 2.45) is 5.41 Å². The second-order valence-corrected chi connectivity index (χ2v) is 4.45. The maximum atomic E-state index is 13.0. The van der Waals surface area contributed by atoms with E-state index >= 15 is 0 Å². The number of rotatable bonds is 4. The monoisotopic (exact) mass is 236 g/mol. The predicted molar refractivity (Wildman–Crippen MR) is 54.6 cm³/mol. The summed E-state index contributed by atoms with van der Waals surface area (Å²) in [5.41, 5.74) is -1.13. The van der Waals surface area contributed by atoms with Crippen molar-refractivity contribution >= 4 is 5.97 Å². The minimum atomic E-state index is -2.72. The van der Waals surface area contributed by atoms with Crippen LogP contribution in [0.2, 0.25) is 0 Å². The van der Waals surface area contributed by atoms with Gasteiger partial charge in [0.05, 0.1) is 11.5 Å². The molecule has 1 saturated carbocycles. The highest BCUT2D eigenvalue weighted by Crippen LogP contribution is 2.47. The molecule has 0 aromatic rings. The summed E-state index contributed by atoms with van der Waals surface area (Å²) >= 11 is 0. The molecule has 0 saturated heterocycles. The van der Waals surface area contributed by atoms with Gasteiger partial charge in [-0.3, -0.25) is 4.79 Å². The largest absolute Gasteiger partial charge is 0.481 e. The van der Waals surface area contributed by atoms with Crippen molar-refractivity contribution < 1.29 is 23.4 Å². The van der Waals surface area contributed by atoms with Crippen LogP contribution in [0.5, 0.6) is 0 Å². The molecule has 0 aliphatic heterocycles. The molecular formula is C11H18F2O3. The molecule has 1 atom stereocenters. The van der Waals surface area contributed by atoms with Crippen molar-refractivity contribution in [1.82, 2.24) is 0 Å². The lowest BCUT2D eigenvalue weighted by atomic mass is 9.68. The Morgan fingerprint density at radius 3 is 2.19 bits per heavy atom. The maximum Gasteiger partial charge on any atom is 0.312 e. The van der Waals surface area contributed by atoms with E-state index < -0.39 is 23.4 Å². The van der Waals surface area contributed by atoms with Crippen LogP contribution < -0.4 is 0 Å². The van der Waals surface area contributed by atoms with E-state index in [-0.39, 0.29) is 25.7 Å². The fraction of sp³-hybridized carbons (Fsp3) is 0.909. The summed E-state index contributed by atoms with van der Waals surface area (Å²) in [6.45, 7) is 1.81. The van der Waals surface area contributed by atoms with Crippen LogP contribution >= 0.6 is 0 Å². The van der Waals surface area contributed by atoms with Gasteiger partial charge in [-0.05, 0) is 19.3 Å². The zero-order chi connectivity index (χ0) is 12.4. The van der Waals surface area contributed by atoms with Crippen molar-refractivity contribution in [3.63, 3.8) is 0 Å². The lowest BCUT2D eigenvalue weighted by Gasteiger charge is -2.41. The smallest absolute Gasteiger partial charge is 0.312 e. The first-order chi connectivity index (χ1) is 7.38. The molecule has 0 spiro atoms. The molecule has 0 radical (unpaired) electrons. The van der Waals surface area contributed by atoms with Crippen LogP contribution in [0.15, 0.2) is 0 Å². The van der Waals surface area contributed by atoms with Gasteiger partial charge < -0.3 is 9.84 Å². The Balaban J connectivity index is 2.88. The molecule has 1 aliphatic rings. The second-order valence-electron chi connectivity index (χ2n) is 4.45. The quantitative estimate of drug-likeness (QED) is 0.816. The van der Waals surface area contributed by atoms with E-state index in [1.807, 2.05) is 6.92 Å². The standard InChI is InChI=1S/C11H18F2O3/c1-3-8(16-2)10(9(14)15)4-6-11(12,13)7-5-10/h8H,3-7H2,1-2H3,(H,14,15). The Kier molecular flexibility index (Phi) is 3.88. The summed E-state index contributed by atoms with van der Waals surface area (Å²) in [7, 11) is 1.44. The van der Waals surface area contributed by atoms with Gasteiger partial charge in [-0.15, -0.1) is 0 Å². The summed E-state index contributed by atoms with van der Waals surface area (Å²) in [6, 6.07) is 0. The van der Waals surface area contributed by atoms with Crippen LogP contribution in [-0.2, 0) is 9.53 Å². The Labute approximate surface area is 93.8 Å². The fourth-order valence-corrected chi connectivity index (χ4v) is 2.52. The molecular weight excluding hydrogens is 218 g/mol. The Morgan fingerprint density at radius 2 is 1.88 bits per heavy atom. The number of hydrogen-bond donors (Lipinski definition) is 1. The van der Waals surface area contributed by atoms with Crippen LogP contribution in [0.3, 0.4) is 0 Å². The van der Waals surface area contributed by atoms with E-state index in [0.29, 0.717) is 6.42 Å². The molecule has 0 aromatic carbocycles. The number of halogens is 2. The van der Waals surface area contributed by atoms with Crippen molar-refractivity contribution in [3.05, 3.63) is 0 Å². The van der Waals surface area contributed by atoms with Crippen molar-refractivity contribution in [1.29, 1.82) is 0 Å². The van der Waals surface area contributed by atoms with E-state index in [4.69, 9.17) is 4.74 Å². The molecule has 0 amide bonds. The normalized spacial score (nSPS) is 25.0. The molecule has 1 rings (SSSR count).